The summed E-state index contributed by atoms with van der Waals surface area (Å²) in [5, 5.41) is 6.89. The predicted molar refractivity (Wildman–Crippen MR) is 48.8 cm³/mol. The SMILES string of the molecule is CC(C)NCCCNC1CC1. The van der Waals surface area contributed by atoms with Gasteiger partial charge in [-0.25, -0.2) is 0 Å². The van der Waals surface area contributed by atoms with Crippen molar-refractivity contribution >= 4 is 0 Å². The molecule has 66 valence electrons. The van der Waals surface area contributed by atoms with Gasteiger partial charge in [0.1, 0.15) is 0 Å². The molecule has 0 aliphatic heterocycles. The van der Waals surface area contributed by atoms with Crippen LogP contribution in [0.5, 0.6) is 0 Å². The maximum Gasteiger partial charge on any atom is 0.00682 e. The van der Waals surface area contributed by atoms with Crippen LogP contribution in [0.3, 0.4) is 0 Å². The Morgan fingerprint density at radius 1 is 1.27 bits per heavy atom. The van der Waals surface area contributed by atoms with E-state index in [4.69, 9.17) is 0 Å². The molecule has 1 saturated carbocycles. The number of hydrogen-bond acceptors (Lipinski definition) is 2. The van der Waals surface area contributed by atoms with E-state index in [1.54, 1.807) is 0 Å². The van der Waals surface area contributed by atoms with Gasteiger partial charge in [-0.05, 0) is 32.4 Å². The molecule has 0 aromatic heterocycles. The second-order valence-electron chi connectivity index (χ2n) is 3.69. The van der Waals surface area contributed by atoms with Crippen molar-refractivity contribution in [3.8, 4) is 0 Å². The summed E-state index contributed by atoms with van der Waals surface area (Å²) >= 11 is 0. The lowest BCUT2D eigenvalue weighted by Crippen LogP contribution is -2.27. The Morgan fingerprint density at radius 3 is 2.55 bits per heavy atom. The molecule has 0 radical (unpaired) electrons. The zero-order valence-corrected chi connectivity index (χ0v) is 7.69. The number of rotatable bonds is 6. The highest BCUT2D eigenvalue weighted by atomic mass is 15.0. The van der Waals surface area contributed by atoms with E-state index in [0.717, 1.165) is 12.6 Å². The molecule has 0 aromatic carbocycles. The molecular weight excluding hydrogens is 136 g/mol. The first-order chi connectivity index (χ1) is 5.29. The third-order valence-corrected chi connectivity index (χ3v) is 1.92. The Hall–Kier alpha value is -0.0800. The van der Waals surface area contributed by atoms with Crippen LogP contribution < -0.4 is 10.6 Å². The molecule has 1 aliphatic carbocycles. The van der Waals surface area contributed by atoms with Crippen molar-refractivity contribution in [3.05, 3.63) is 0 Å². The summed E-state index contributed by atoms with van der Waals surface area (Å²) in [4.78, 5) is 0. The van der Waals surface area contributed by atoms with Crippen LogP contribution in [0, 0.1) is 0 Å². The van der Waals surface area contributed by atoms with Gasteiger partial charge in [0.05, 0.1) is 0 Å². The molecular formula is C9H20N2. The Labute approximate surface area is 69.8 Å². The summed E-state index contributed by atoms with van der Waals surface area (Å²) in [6, 6.07) is 1.50. The second kappa shape index (κ2) is 4.73. The molecule has 1 fully saturated rings. The fraction of sp³-hybridized carbons (Fsp3) is 1.00. The lowest BCUT2D eigenvalue weighted by Gasteiger charge is -2.07. The predicted octanol–water partition coefficient (Wildman–Crippen LogP) is 1.13. The van der Waals surface area contributed by atoms with Gasteiger partial charge in [-0.15, -0.1) is 0 Å². The minimum atomic E-state index is 0.635. The third-order valence-electron chi connectivity index (χ3n) is 1.92. The molecule has 0 bridgehead atoms. The lowest BCUT2D eigenvalue weighted by molar-refractivity contribution is 0.547. The van der Waals surface area contributed by atoms with Crippen molar-refractivity contribution in [3.63, 3.8) is 0 Å². The van der Waals surface area contributed by atoms with Crippen molar-refractivity contribution < 1.29 is 0 Å². The second-order valence-corrected chi connectivity index (χ2v) is 3.69. The first-order valence-electron chi connectivity index (χ1n) is 4.76. The normalized spacial score (nSPS) is 17.7. The molecule has 2 heteroatoms. The Balaban J connectivity index is 1.73. The van der Waals surface area contributed by atoms with Gasteiger partial charge < -0.3 is 10.6 Å². The Bertz CT molecular complexity index is 93.7. The summed E-state index contributed by atoms with van der Waals surface area (Å²) in [6.07, 6.45) is 4.06. The summed E-state index contributed by atoms with van der Waals surface area (Å²) < 4.78 is 0. The standard InChI is InChI=1S/C9H20N2/c1-8(2)10-6-3-7-11-9-4-5-9/h8-11H,3-7H2,1-2H3. The van der Waals surface area contributed by atoms with E-state index in [2.05, 4.69) is 24.5 Å². The number of hydrogen-bond donors (Lipinski definition) is 2. The van der Waals surface area contributed by atoms with Crippen LogP contribution in [0.1, 0.15) is 33.1 Å². The van der Waals surface area contributed by atoms with E-state index in [0.29, 0.717) is 6.04 Å². The van der Waals surface area contributed by atoms with E-state index in [-0.39, 0.29) is 0 Å². The molecule has 11 heavy (non-hydrogen) atoms. The van der Waals surface area contributed by atoms with Gasteiger partial charge >= 0.3 is 0 Å². The smallest absolute Gasteiger partial charge is 0.00682 e. The third kappa shape index (κ3) is 5.22. The summed E-state index contributed by atoms with van der Waals surface area (Å²) in [5.74, 6) is 0. The van der Waals surface area contributed by atoms with Crippen molar-refractivity contribution in [2.75, 3.05) is 13.1 Å². The molecule has 2 nitrogen and oxygen atoms in total. The van der Waals surface area contributed by atoms with Gasteiger partial charge in [0.2, 0.25) is 0 Å². The van der Waals surface area contributed by atoms with E-state index >= 15 is 0 Å². The summed E-state index contributed by atoms with van der Waals surface area (Å²) in [6.45, 7) is 6.71. The van der Waals surface area contributed by atoms with Crippen LogP contribution >= 0.6 is 0 Å². The summed E-state index contributed by atoms with van der Waals surface area (Å²) in [7, 11) is 0. The van der Waals surface area contributed by atoms with Gasteiger partial charge in [-0.1, -0.05) is 13.8 Å². The average Bonchev–Trinajstić information content (AvgIpc) is 2.70. The molecule has 0 spiro atoms. The highest BCUT2D eigenvalue weighted by molar-refractivity contribution is 4.80. The average molecular weight is 156 g/mol. The van der Waals surface area contributed by atoms with E-state index in [9.17, 15) is 0 Å². The molecule has 1 aliphatic rings. The van der Waals surface area contributed by atoms with Crippen molar-refractivity contribution in [2.45, 2.75) is 45.2 Å². The van der Waals surface area contributed by atoms with Crippen LogP contribution in [0.2, 0.25) is 0 Å². The molecule has 0 saturated heterocycles. The van der Waals surface area contributed by atoms with Crippen molar-refractivity contribution in [1.82, 2.24) is 10.6 Å². The highest BCUT2D eigenvalue weighted by Gasteiger charge is 2.19. The van der Waals surface area contributed by atoms with Gasteiger partial charge in [-0.3, -0.25) is 0 Å². The Morgan fingerprint density at radius 2 is 2.00 bits per heavy atom. The van der Waals surface area contributed by atoms with Crippen LogP contribution in [-0.4, -0.2) is 25.2 Å². The monoisotopic (exact) mass is 156 g/mol. The topological polar surface area (TPSA) is 24.1 Å². The lowest BCUT2D eigenvalue weighted by atomic mass is 10.3. The van der Waals surface area contributed by atoms with E-state index in [1.165, 1.54) is 25.8 Å². The molecule has 0 heterocycles. The first-order valence-corrected chi connectivity index (χ1v) is 4.76. The Kier molecular flexibility index (Phi) is 3.87. The van der Waals surface area contributed by atoms with Crippen molar-refractivity contribution in [2.24, 2.45) is 0 Å². The van der Waals surface area contributed by atoms with Gasteiger partial charge in [-0.2, -0.15) is 0 Å². The van der Waals surface area contributed by atoms with Crippen LogP contribution in [-0.2, 0) is 0 Å². The van der Waals surface area contributed by atoms with Gasteiger partial charge in [0.25, 0.3) is 0 Å². The zero-order chi connectivity index (χ0) is 8.10. The quantitative estimate of drug-likeness (QED) is 0.563. The van der Waals surface area contributed by atoms with Gasteiger partial charge in [0.15, 0.2) is 0 Å². The zero-order valence-electron chi connectivity index (χ0n) is 7.69. The maximum absolute atomic E-state index is 3.49. The van der Waals surface area contributed by atoms with Crippen LogP contribution in [0.15, 0.2) is 0 Å². The van der Waals surface area contributed by atoms with Crippen LogP contribution in [0.25, 0.3) is 0 Å². The molecule has 0 aromatic rings. The van der Waals surface area contributed by atoms with E-state index < -0.39 is 0 Å². The highest BCUT2D eigenvalue weighted by Crippen LogP contribution is 2.18. The molecule has 0 atom stereocenters. The fourth-order valence-corrected chi connectivity index (χ4v) is 1.07. The van der Waals surface area contributed by atoms with Crippen LogP contribution in [0.4, 0.5) is 0 Å². The largest absolute Gasteiger partial charge is 0.314 e. The first kappa shape index (κ1) is 9.01. The molecule has 0 amide bonds. The van der Waals surface area contributed by atoms with Gasteiger partial charge in [0, 0.05) is 12.1 Å². The maximum atomic E-state index is 3.49. The minimum absolute atomic E-state index is 0.635. The molecule has 1 rings (SSSR count). The fourth-order valence-electron chi connectivity index (χ4n) is 1.07. The molecule has 0 unspecified atom stereocenters. The number of nitrogens with one attached hydrogen (secondary N) is 2. The molecule has 2 N–H and O–H groups in total. The van der Waals surface area contributed by atoms with Crippen molar-refractivity contribution in [1.29, 1.82) is 0 Å². The van der Waals surface area contributed by atoms with E-state index in [1.807, 2.05) is 0 Å². The summed E-state index contributed by atoms with van der Waals surface area (Å²) in [5.41, 5.74) is 0. The minimum Gasteiger partial charge on any atom is -0.314 e.